The molecule has 0 bridgehead atoms. The predicted molar refractivity (Wildman–Crippen MR) is 44.4 cm³/mol. The minimum atomic E-state index is 0.0905. The highest BCUT2D eigenvalue weighted by Crippen LogP contribution is 2.10. The van der Waals surface area contributed by atoms with Crippen molar-refractivity contribution in [1.82, 2.24) is 9.97 Å². The molecule has 1 aromatic rings. The topological polar surface area (TPSA) is 68.9 Å². The fourth-order valence-corrected chi connectivity index (χ4v) is 0.679. The Morgan fingerprint density at radius 3 is 3.00 bits per heavy atom. The van der Waals surface area contributed by atoms with E-state index in [1.807, 2.05) is 0 Å². The van der Waals surface area contributed by atoms with Gasteiger partial charge in [-0.3, -0.25) is 4.79 Å². The number of halogens is 1. The zero-order valence-corrected chi connectivity index (χ0v) is 6.67. The Bertz CT molecular complexity index is 367. The Labute approximate surface area is 73.8 Å². The summed E-state index contributed by atoms with van der Waals surface area (Å²) in [6.45, 7) is 0. The zero-order valence-electron chi connectivity index (χ0n) is 5.91. The molecule has 0 saturated heterocycles. The summed E-state index contributed by atoms with van der Waals surface area (Å²) in [4.78, 5) is 17.3. The highest BCUT2D eigenvalue weighted by molar-refractivity contribution is 6.31. The molecule has 0 amide bonds. The highest BCUT2D eigenvalue weighted by atomic mass is 35.5. The number of nitrogens with two attached hydrogens (primary N) is 1. The van der Waals surface area contributed by atoms with Crippen LogP contribution in [0.3, 0.4) is 0 Å². The molecule has 5 heteroatoms. The number of nitrogen functional groups attached to an aromatic ring is 1. The van der Waals surface area contributed by atoms with Crippen molar-refractivity contribution in [2.24, 2.45) is 0 Å². The van der Waals surface area contributed by atoms with E-state index in [0.717, 1.165) is 0 Å². The van der Waals surface area contributed by atoms with Crippen LogP contribution in [-0.2, 0) is 4.79 Å². The average Bonchev–Trinajstić information content (AvgIpc) is 2.07. The van der Waals surface area contributed by atoms with E-state index in [2.05, 4.69) is 21.8 Å². The maximum Gasteiger partial charge on any atom is 0.193 e. The maximum atomic E-state index is 9.85. The molecule has 0 aliphatic carbocycles. The van der Waals surface area contributed by atoms with Gasteiger partial charge in [-0.05, 0) is 11.8 Å². The Balaban J connectivity index is 3.04. The molecule has 0 fully saturated rings. The number of hydrogen-bond acceptors (Lipinski definition) is 4. The highest BCUT2D eigenvalue weighted by Gasteiger charge is 1.98. The van der Waals surface area contributed by atoms with Crippen molar-refractivity contribution in [3.05, 3.63) is 17.0 Å². The monoisotopic (exact) mass is 181 g/mol. The first kappa shape index (κ1) is 8.50. The summed E-state index contributed by atoms with van der Waals surface area (Å²) in [5.41, 5.74) is 5.61. The second-order valence-electron chi connectivity index (χ2n) is 1.82. The molecule has 0 aliphatic rings. The van der Waals surface area contributed by atoms with E-state index >= 15 is 0 Å². The Morgan fingerprint density at radius 1 is 1.67 bits per heavy atom. The van der Waals surface area contributed by atoms with Crippen LogP contribution in [0.4, 0.5) is 5.82 Å². The number of anilines is 1. The van der Waals surface area contributed by atoms with E-state index in [1.165, 1.54) is 6.20 Å². The fraction of sp³-hybridized carbons (Fsp3) is 0. The molecule has 0 spiro atoms. The summed E-state index contributed by atoms with van der Waals surface area (Å²) < 4.78 is 0. The normalized spacial score (nSPS) is 8.42. The molecule has 0 atom stereocenters. The first-order valence-corrected chi connectivity index (χ1v) is 3.35. The molecule has 0 saturated carbocycles. The fourth-order valence-electron chi connectivity index (χ4n) is 0.539. The van der Waals surface area contributed by atoms with Crippen LogP contribution in [0, 0.1) is 11.8 Å². The molecule has 0 radical (unpaired) electrons. The van der Waals surface area contributed by atoms with Crippen LogP contribution in [0.2, 0.25) is 5.15 Å². The van der Waals surface area contributed by atoms with Crippen molar-refractivity contribution in [3.8, 4) is 11.8 Å². The summed E-state index contributed by atoms with van der Waals surface area (Å²) in [6, 6.07) is 0. The number of aromatic nitrogens is 2. The first-order chi connectivity index (χ1) is 5.74. The minimum Gasteiger partial charge on any atom is -0.381 e. The van der Waals surface area contributed by atoms with Gasteiger partial charge in [0.25, 0.3) is 0 Å². The number of nitrogens with zero attached hydrogens (tertiary/aromatic N) is 2. The summed E-state index contributed by atoms with van der Waals surface area (Å²) >= 11 is 5.54. The van der Waals surface area contributed by atoms with Crippen LogP contribution in [0.1, 0.15) is 5.69 Å². The molecule has 1 rings (SSSR count). The number of carbonyl (C=O) groups is 1. The lowest BCUT2D eigenvalue weighted by atomic mass is 10.4. The maximum absolute atomic E-state index is 9.85. The van der Waals surface area contributed by atoms with E-state index < -0.39 is 0 Å². The quantitative estimate of drug-likeness (QED) is 0.461. The molecule has 0 aromatic carbocycles. The Morgan fingerprint density at radius 2 is 2.42 bits per heavy atom. The van der Waals surface area contributed by atoms with Gasteiger partial charge in [0.2, 0.25) is 0 Å². The van der Waals surface area contributed by atoms with Crippen LogP contribution in [0.5, 0.6) is 0 Å². The van der Waals surface area contributed by atoms with E-state index in [9.17, 15) is 4.79 Å². The van der Waals surface area contributed by atoms with E-state index in [4.69, 9.17) is 17.3 Å². The van der Waals surface area contributed by atoms with Crippen LogP contribution in [-0.4, -0.2) is 16.3 Å². The average molecular weight is 182 g/mol. The predicted octanol–water partition coefficient (Wildman–Crippen LogP) is 0.263. The smallest absolute Gasteiger partial charge is 0.193 e. The Hall–Kier alpha value is -1.60. The number of rotatable bonds is 0. The van der Waals surface area contributed by atoms with Crippen molar-refractivity contribution in [2.75, 3.05) is 5.73 Å². The van der Waals surface area contributed by atoms with Crippen molar-refractivity contribution < 1.29 is 4.79 Å². The molecule has 12 heavy (non-hydrogen) atoms. The molecule has 0 unspecified atom stereocenters. The zero-order chi connectivity index (χ0) is 8.97. The van der Waals surface area contributed by atoms with Crippen LogP contribution in [0.25, 0.3) is 0 Å². The third kappa shape index (κ3) is 1.94. The van der Waals surface area contributed by atoms with Crippen molar-refractivity contribution in [1.29, 1.82) is 0 Å². The number of hydrogen-bond donors (Lipinski definition) is 1. The standard InChI is InChI=1S/C7H4ClN3O/c8-6-7(9)10-4-5(11-6)2-1-3-12/h3-4H,(H2,9,10). The van der Waals surface area contributed by atoms with E-state index in [1.54, 1.807) is 0 Å². The lowest BCUT2D eigenvalue weighted by Crippen LogP contribution is -1.95. The summed E-state index contributed by atoms with van der Waals surface area (Å²) in [6.07, 6.45) is 1.81. The van der Waals surface area contributed by atoms with Gasteiger partial charge >= 0.3 is 0 Å². The molecular formula is C7H4ClN3O. The van der Waals surface area contributed by atoms with Crippen LogP contribution >= 0.6 is 11.6 Å². The number of carbonyl (C=O) groups excluding carboxylic acids is 1. The van der Waals surface area contributed by atoms with Gasteiger partial charge in [-0.1, -0.05) is 11.6 Å². The van der Waals surface area contributed by atoms with Gasteiger partial charge in [-0.25, -0.2) is 9.97 Å². The molecule has 1 heterocycles. The summed E-state index contributed by atoms with van der Waals surface area (Å²) in [5.74, 6) is 4.76. The molecular weight excluding hydrogens is 178 g/mol. The minimum absolute atomic E-state index is 0.0905. The van der Waals surface area contributed by atoms with Gasteiger partial charge < -0.3 is 5.73 Å². The lowest BCUT2D eigenvalue weighted by molar-refractivity contribution is -0.103. The van der Waals surface area contributed by atoms with E-state index in [0.29, 0.717) is 12.0 Å². The van der Waals surface area contributed by atoms with Gasteiger partial charge in [0, 0.05) is 0 Å². The molecule has 2 N–H and O–H groups in total. The second-order valence-corrected chi connectivity index (χ2v) is 2.18. The summed E-state index contributed by atoms with van der Waals surface area (Å²) in [5, 5.41) is 0.0905. The lowest BCUT2D eigenvalue weighted by Gasteiger charge is -1.94. The van der Waals surface area contributed by atoms with Crippen molar-refractivity contribution >= 4 is 23.7 Å². The van der Waals surface area contributed by atoms with Gasteiger partial charge in [-0.15, -0.1) is 0 Å². The van der Waals surface area contributed by atoms with Crippen LogP contribution < -0.4 is 5.73 Å². The summed E-state index contributed by atoms with van der Waals surface area (Å²) in [7, 11) is 0. The van der Waals surface area contributed by atoms with Crippen molar-refractivity contribution in [2.45, 2.75) is 0 Å². The van der Waals surface area contributed by atoms with Gasteiger partial charge in [-0.2, -0.15) is 0 Å². The molecule has 0 aliphatic heterocycles. The first-order valence-electron chi connectivity index (χ1n) is 2.97. The second kappa shape index (κ2) is 3.69. The molecule has 1 aromatic heterocycles. The van der Waals surface area contributed by atoms with Gasteiger partial charge in [0.15, 0.2) is 17.3 Å². The van der Waals surface area contributed by atoms with Gasteiger partial charge in [0.05, 0.1) is 6.20 Å². The van der Waals surface area contributed by atoms with Gasteiger partial charge in [0.1, 0.15) is 5.69 Å². The molecule has 4 nitrogen and oxygen atoms in total. The third-order valence-electron chi connectivity index (χ3n) is 1.02. The van der Waals surface area contributed by atoms with E-state index in [-0.39, 0.29) is 11.0 Å². The largest absolute Gasteiger partial charge is 0.381 e. The number of aldehydes is 1. The third-order valence-corrected chi connectivity index (χ3v) is 1.29. The Kier molecular flexibility index (Phi) is 2.62. The molecule has 60 valence electrons. The SMILES string of the molecule is Nc1ncc(C#CC=O)nc1Cl. The van der Waals surface area contributed by atoms with Crippen molar-refractivity contribution in [3.63, 3.8) is 0 Å². The van der Waals surface area contributed by atoms with Crippen LogP contribution in [0.15, 0.2) is 6.20 Å².